The number of piperidine rings is 1. The molecule has 0 atom stereocenters. The van der Waals surface area contributed by atoms with Gasteiger partial charge in [0, 0.05) is 46.3 Å². The van der Waals surface area contributed by atoms with Crippen molar-refractivity contribution in [1.82, 2.24) is 30.1 Å². The number of nitrogens with zero attached hydrogens (tertiary/aromatic N) is 8. The second-order valence-electron chi connectivity index (χ2n) is 7.48. The van der Waals surface area contributed by atoms with E-state index < -0.39 is 0 Å². The van der Waals surface area contributed by atoms with Crippen LogP contribution in [0.25, 0.3) is 0 Å². The number of aromatic nitrogens is 5. The van der Waals surface area contributed by atoms with Crippen LogP contribution in [0.15, 0.2) is 18.3 Å². The van der Waals surface area contributed by atoms with Crippen molar-refractivity contribution >= 4 is 17.5 Å². The third-order valence-corrected chi connectivity index (χ3v) is 5.46. The average Bonchev–Trinajstić information content (AvgIpc) is 3.15. The SMILES string of the molecule is CC1CCN(c2ccc(N3CCN(C(=O)c4cn(C)nn4)CC3)nn2)CC1. The van der Waals surface area contributed by atoms with Crippen LogP contribution in [-0.2, 0) is 7.05 Å². The van der Waals surface area contributed by atoms with E-state index in [0.717, 1.165) is 43.7 Å². The molecule has 4 heterocycles. The lowest BCUT2D eigenvalue weighted by Crippen LogP contribution is -2.49. The molecular weight excluding hydrogens is 344 g/mol. The summed E-state index contributed by atoms with van der Waals surface area (Å²) >= 11 is 0. The number of carbonyl (C=O) groups excluding carboxylic acids is 1. The van der Waals surface area contributed by atoms with Crippen LogP contribution in [0.4, 0.5) is 11.6 Å². The topological polar surface area (TPSA) is 83.3 Å². The fourth-order valence-corrected chi connectivity index (χ4v) is 3.64. The molecule has 0 saturated carbocycles. The molecule has 0 bridgehead atoms. The lowest BCUT2D eigenvalue weighted by molar-refractivity contribution is 0.0740. The van der Waals surface area contributed by atoms with Gasteiger partial charge in [0.1, 0.15) is 0 Å². The minimum Gasteiger partial charge on any atom is -0.355 e. The van der Waals surface area contributed by atoms with E-state index in [1.165, 1.54) is 12.8 Å². The summed E-state index contributed by atoms with van der Waals surface area (Å²) in [7, 11) is 1.76. The van der Waals surface area contributed by atoms with Crippen LogP contribution in [0.2, 0.25) is 0 Å². The molecule has 9 nitrogen and oxygen atoms in total. The Morgan fingerprint density at radius 1 is 0.926 bits per heavy atom. The zero-order valence-corrected chi connectivity index (χ0v) is 16.0. The van der Waals surface area contributed by atoms with Gasteiger partial charge in [0.2, 0.25) is 0 Å². The summed E-state index contributed by atoms with van der Waals surface area (Å²) in [5.41, 5.74) is 0.394. The van der Waals surface area contributed by atoms with E-state index >= 15 is 0 Å². The first-order valence-electron chi connectivity index (χ1n) is 9.59. The molecule has 27 heavy (non-hydrogen) atoms. The molecule has 2 aromatic rings. The highest BCUT2D eigenvalue weighted by Gasteiger charge is 2.25. The highest BCUT2D eigenvalue weighted by molar-refractivity contribution is 5.92. The number of carbonyl (C=O) groups is 1. The molecule has 0 aliphatic carbocycles. The average molecular weight is 370 g/mol. The molecule has 2 saturated heterocycles. The maximum atomic E-state index is 12.5. The van der Waals surface area contributed by atoms with Crippen LogP contribution in [0.5, 0.6) is 0 Å². The minimum atomic E-state index is -0.0662. The first-order valence-corrected chi connectivity index (χ1v) is 9.59. The van der Waals surface area contributed by atoms with Crippen LogP contribution in [0.3, 0.4) is 0 Å². The van der Waals surface area contributed by atoms with Crippen LogP contribution in [0, 0.1) is 5.92 Å². The molecular formula is C18H26N8O. The highest BCUT2D eigenvalue weighted by atomic mass is 16.2. The van der Waals surface area contributed by atoms with Gasteiger partial charge in [0.15, 0.2) is 17.3 Å². The summed E-state index contributed by atoms with van der Waals surface area (Å²) in [6.07, 6.45) is 4.08. The Hall–Kier alpha value is -2.71. The minimum absolute atomic E-state index is 0.0662. The maximum absolute atomic E-state index is 12.5. The number of anilines is 2. The van der Waals surface area contributed by atoms with Crippen LogP contribution < -0.4 is 9.80 Å². The molecule has 0 aromatic carbocycles. The van der Waals surface area contributed by atoms with E-state index in [1.807, 2.05) is 11.0 Å². The molecule has 9 heteroatoms. The van der Waals surface area contributed by atoms with Crippen molar-refractivity contribution in [1.29, 1.82) is 0 Å². The van der Waals surface area contributed by atoms with Crippen molar-refractivity contribution in [2.24, 2.45) is 13.0 Å². The van der Waals surface area contributed by atoms with Gasteiger partial charge in [-0.1, -0.05) is 12.1 Å². The number of aryl methyl sites for hydroxylation is 1. The van der Waals surface area contributed by atoms with Crippen LogP contribution in [0.1, 0.15) is 30.3 Å². The van der Waals surface area contributed by atoms with Crippen molar-refractivity contribution in [3.63, 3.8) is 0 Å². The van der Waals surface area contributed by atoms with Crippen LogP contribution >= 0.6 is 0 Å². The molecule has 4 rings (SSSR count). The molecule has 2 aliphatic heterocycles. The number of hydrogen-bond acceptors (Lipinski definition) is 7. The summed E-state index contributed by atoms with van der Waals surface area (Å²) < 4.78 is 1.55. The lowest BCUT2D eigenvalue weighted by Gasteiger charge is -2.35. The van der Waals surface area contributed by atoms with Gasteiger partial charge in [-0.15, -0.1) is 15.3 Å². The number of rotatable bonds is 3. The second-order valence-corrected chi connectivity index (χ2v) is 7.48. The van der Waals surface area contributed by atoms with Crippen molar-refractivity contribution < 1.29 is 4.79 Å². The Morgan fingerprint density at radius 3 is 2.04 bits per heavy atom. The van der Waals surface area contributed by atoms with Gasteiger partial charge < -0.3 is 14.7 Å². The van der Waals surface area contributed by atoms with Gasteiger partial charge in [0.05, 0.1) is 6.20 Å². The summed E-state index contributed by atoms with van der Waals surface area (Å²) in [6.45, 7) is 7.17. The van der Waals surface area contributed by atoms with E-state index in [2.05, 4.69) is 43.3 Å². The smallest absolute Gasteiger partial charge is 0.276 e. The van der Waals surface area contributed by atoms with Gasteiger partial charge in [-0.2, -0.15) is 0 Å². The fourth-order valence-electron chi connectivity index (χ4n) is 3.64. The Morgan fingerprint density at radius 2 is 1.52 bits per heavy atom. The summed E-state index contributed by atoms with van der Waals surface area (Å²) in [5, 5.41) is 16.6. The van der Waals surface area contributed by atoms with E-state index in [-0.39, 0.29) is 5.91 Å². The van der Waals surface area contributed by atoms with Gasteiger partial charge in [-0.05, 0) is 30.9 Å². The van der Waals surface area contributed by atoms with Gasteiger partial charge >= 0.3 is 0 Å². The molecule has 2 aromatic heterocycles. The quantitative estimate of drug-likeness (QED) is 0.790. The number of hydrogen-bond donors (Lipinski definition) is 0. The zero-order valence-electron chi connectivity index (χ0n) is 16.0. The predicted molar refractivity (Wildman–Crippen MR) is 102 cm³/mol. The van der Waals surface area contributed by atoms with Crippen LogP contribution in [-0.4, -0.2) is 75.3 Å². The Kier molecular flexibility index (Phi) is 4.91. The standard InChI is InChI=1S/C18H26N8O/c1-14-5-7-24(8-6-14)16-3-4-17(21-20-16)25-9-11-26(12-10-25)18(27)15-13-23(2)22-19-15/h3-4,13-14H,5-12H2,1-2H3. The van der Waals surface area contributed by atoms with Crippen molar-refractivity contribution in [2.45, 2.75) is 19.8 Å². The molecule has 0 N–H and O–H groups in total. The summed E-state index contributed by atoms with van der Waals surface area (Å²) in [4.78, 5) is 18.8. The first kappa shape index (κ1) is 17.7. The van der Waals surface area contributed by atoms with E-state index in [9.17, 15) is 4.79 Å². The molecule has 2 aliphatic rings. The van der Waals surface area contributed by atoms with Gasteiger partial charge in [-0.3, -0.25) is 9.48 Å². The lowest BCUT2D eigenvalue weighted by atomic mass is 9.99. The maximum Gasteiger partial charge on any atom is 0.276 e. The Balaban J connectivity index is 1.33. The first-order chi connectivity index (χ1) is 13.1. The third kappa shape index (κ3) is 3.86. The normalized spacial score (nSPS) is 18.8. The number of piperazine rings is 1. The van der Waals surface area contributed by atoms with E-state index in [4.69, 9.17) is 0 Å². The number of amides is 1. The summed E-state index contributed by atoms with van der Waals surface area (Å²) in [6, 6.07) is 4.11. The predicted octanol–water partition coefficient (Wildman–Crippen LogP) is 0.804. The highest BCUT2D eigenvalue weighted by Crippen LogP contribution is 2.22. The molecule has 0 radical (unpaired) electrons. The van der Waals surface area contributed by atoms with Gasteiger partial charge in [0.25, 0.3) is 5.91 Å². The van der Waals surface area contributed by atoms with Crippen molar-refractivity contribution in [3.8, 4) is 0 Å². The molecule has 144 valence electrons. The third-order valence-electron chi connectivity index (χ3n) is 5.46. The van der Waals surface area contributed by atoms with Crippen molar-refractivity contribution in [2.75, 3.05) is 49.1 Å². The Labute approximate surface area is 159 Å². The van der Waals surface area contributed by atoms with Gasteiger partial charge in [-0.25, -0.2) is 0 Å². The largest absolute Gasteiger partial charge is 0.355 e. The molecule has 1 amide bonds. The molecule has 0 unspecified atom stereocenters. The molecule has 2 fully saturated rings. The second kappa shape index (κ2) is 7.50. The fraction of sp³-hybridized carbons (Fsp3) is 0.611. The van der Waals surface area contributed by atoms with E-state index in [0.29, 0.717) is 18.8 Å². The van der Waals surface area contributed by atoms with E-state index in [1.54, 1.807) is 17.9 Å². The zero-order chi connectivity index (χ0) is 18.8. The molecule has 0 spiro atoms. The summed E-state index contributed by atoms with van der Waals surface area (Å²) in [5.74, 6) is 2.57. The Bertz CT molecular complexity index is 773. The monoisotopic (exact) mass is 370 g/mol. The van der Waals surface area contributed by atoms with Crippen molar-refractivity contribution in [3.05, 3.63) is 24.0 Å².